The molecule has 0 radical (unpaired) electrons. The Morgan fingerprint density at radius 3 is 2.75 bits per heavy atom. The first-order valence-corrected chi connectivity index (χ1v) is 6.92. The normalized spacial score (nSPS) is 12.1. The molecule has 0 spiro atoms. The fourth-order valence-corrected chi connectivity index (χ4v) is 2.07. The zero-order valence-electron chi connectivity index (χ0n) is 11.3. The number of hydrogen-bond donors (Lipinski definition) is 2. The highest BCUT2D eigenvalue weighted by atomic mass is 79.9. The van der Waals surface area contributed by atoms with Crippen LogP contribution in [0, 0.1) is 11.6 Å². The van der Waals surface area contributed by atoms with E-state index in [-0.39, 0.29) is 16.1 Å². The number of hydrogen-bond acceptors (Lipinski definition) is 3. The summed E-state index contributed by atoms with van der Waals surface area (Å²) in [6, 6.07) is 1.25. The Morgan fingerprint density at radius 2 is 2.15 bits per heavy atom. The van der Waals surface area contributed by atoms with Crippen molar-refractivity contribution in [1.82, 2.24) is 5.32 Å². The van der Waals surface area contributed by atoms with Gasteiger partial charge in [0.15, 0.2) is 0 Å². The number of amides is 1. The fraction of sp³-hybridized carbons (Fsp3) is 0.462. The van der Waals surface area contributed by atoms with Crippen molar-refractivity contribution in [3.05, 3.63) is 28.2 Å². The molecule has 1 amide bonds. The highest BCUT2D eigenvalue weighted by molar-refractivity contribution is 9.10. The molecule has 0 saturated carbocycles. The summed E-state index contributed by atoms with van der Waals surface area (Å²) in [6.45, 7) is 2.63. The molecule has 1 aromatic rings. The molecule has 20 heavy (non-hydrogen) atoms. The van der Waals surface area contributed by atoms with Gasteiger partial charge in [0, 0.05) is 30.8 Å². The van der Waals surface area contributed by atoms with Crippen molar-refractivity contribution in [1.29, 1.82) is 0 Å². The predicted molar refractivity (Wildman–Crippen MR) is 76.6 cm³/mol. The van der Waals surface area contributed by atoms with Gasteiger partial charge in [0.05, 0.1) is 5.69 Å². The van der Waals surface area contributed by atoms with E-state index in [1.165, 1.54) is 0 Å². The molecule has 0 aliphatic carbocycles. The molecular weight excluding hydrogens is 334 g/mol. The summed E-state index contributed by atoms with van der Waals surface area (Å²) in [6.07, 6.45) is 0.698. The minimum atomic E-state index is -0.754. The van der Waals surface area contributed by atoms with Crippen LogP contribution in [0.15, 0.2) is 16.6 Å². The highest BCUT2D eigenvalue weighted by Crippen LogP contribution is 2.27. The second kappa shape index (κ2) is 8.16. The molecule has 2 N–H and O–H groups in total. The number of anilines is 1. The third kappa shape index (κ3) is 5.05. The SMILES string of the molecule is COCCCNC(=O)C(C)Nc1c(F)cc(F)cc1Br. The molecule has 1 unspecified atom stereocenters. The second-order valence-electron chi connectivity index (χ2n) is 4.25. The molecule has 0 fully saturated rings. The largest absolute Gasteiger partial charge is 0.385 e. The van der Waals surface area contributed by atoms with Crippen LogP contribution in [0.4, 0.5) is 14.5 Å². The molecule has 0 heterocycles. The third-order valence-electron chi connectivity index (χ3n) is 2.59. The van der Waals surface area contributed by atoms with Gasteiger partial charge in [0.25, 0.3) is 0 Å². The molecule has 1 aromatic carbocycles. The summed E-state index contributed by atoms with van der Waals surface area (Å²) in [5.41, 5.74) is 0.0611. The number of rotatable bonds is 7. The lowest BCUT2D eigenvalue weighted by atomic mass is 10.2. The van der Waals surface area contributed by atoms with E-state index in [1.54, 1.807) is 14.0 Å². The molecule has 0 aromatic heterocycles. The maximum atomic E-state index is 13.6. The number of carbonyl (C=O) groups is 1. The number of methoxy groups -OCH3 is 1. The lowest BCUT2D eigenvalue weighted by molar-refractivity contribution is -0.121. The summed E-state index contributed by atoms with van der Waals surface area (Å²) in [4.78, 5) is 11.8. The topological polar surface area (TPSA) is 50.4 Å². The van der Waals surface area contributed by atoms with Gasteiger partial charge in [-0.1, -0.05) is 0 Å². The van der Waals surface area contributed by atoms with Gasteiger partial charge in [0.2, 0.25) is 5.91 Å². The third-order valence-corrected chi connectivity index (χ3v) is 3.21. The van der Waals surface area contributed by atoms with E-state index >= 15 is 0 Å². The molecule has 7 heteroatoms. The first-order valence-electron chi connectivity index (χ1n) is 6.13. The lowest BCUT2D eigenvalue weighted by Crippen LogP contribution is -2.38. The molecule has 1 atom stereocenters. The first-order chi connectivity index (χ1) is 9.45. The van der Waals surface area contributed by atoms with Crippen LogP contribution in [0.3, 0.4) is 0 Å². The van der Waals surface area contributed by atoms with Gasteiger partial charge in [-0.25, -0.2) is 8.78 Å². The van der Waals surface area contributed by atoms with E-state index in [1.807, 2.05) is 0 Å². The van der Waals surface area contributed by atoms with E-state index in [9.17, 15) is 13.6 Å². The maximum Gasteiger partial charge on any atom is 0.242 e. The van der Waals surface area contributed by atoms with Crippen LogP contribution in [0.25, 0.3) is 0 Å². The Kier molecular flexibility index (Phi) is 6.87. The van der Waals surface area contributed by atoms with Crippen LogP contribution in [-0.4, -0.2) is 32.2 Å². The Bertz CT molecular complexity index is 449. The van der Waals surface area contributed by atoms with Crippen molar-refractivity contribution >= 4 is 27.5 Å². The minimum Gasteiger partial charge on any atom is -0.385 e. The van der Waals surface area contributed by atoms with Crippen molar-refractivity contribution < 1.29 is 18.3 Å². The van der Waals surface area contributed by atoms with Gasteiger partial charge in [-0.2, -0.15) is 0 Å². The quantitative estimate of drug-likeness (QED) is 0.743. The number of nitrogens with one attached hydrogen (secondary N) is 2. The highest BCUT2D eigenvalue weighted by Gasteiger charge is 2.16. The number of carbonyl (C=O) groups excluding carboxylic acids is 1. The van der Waals surface area contributed by atoms with Gasteiger partial charge in [-0.3, -0.25) is 4.79 Å². The smallest absolute Gasteiger partial charge is 0.242 e. The summed E-state index contributed by atoms with van der Waals surface area (Å²) in [5.74, 6) is -1.70. The Morgan fingerprint density at radius 1 is 1.45 bits per heavy atom. The summed E-state index contributed by atoms with van der Waals surface area (Å²) >= 11 is 3.06. The van der Waals surface area contributed by atoms with E-state index in [0.717, 1.165) is 12.1 Å². The Labute approximate surface area is 125 Å². The maximum absolute atomic E-state index is 13.6. The van der Waals surface area contributed by atoms with Gasteiger partial charge in [0.1, 0.15) is 17.7 Å². The molecular formula is C13H17BrF2N2O2. The van der Waals surface area contributed by atoms with E-state index in [4.69, 9.17) is 4.74 Å². The van der Waals surface area contributed by atoms with Crippen molar-refractivity contribution in [2.45, 2.75) is 19.4 Å². The average Bonchev–Trinajstić information content (AvgIpc) is 2.38. The van der Waals surface area contributed by atoms with E-state index in [2.05, 4.69) is 26.6 Å². The van der Waals surface area contributed by atoms with Crippen molar-refractivity contribution in [3.8, 4) is 0 Å². The van der Waals surface area contributed by atoms with Crippen LogP contribution in [0.2, 0.25) is 0 Å². The van der Waals surface area contributed by atoms with Crippen molar-refractivity contribution in [2.24, 2.45) is 0 Å². The number of benzene rings is 1. The first kappa shape index (κ1) is 16.8. The van der Waals surface area contributed by atoms with E-state index < -0.39 is 17.7 Å². The van der Waals surface area contributed by atoms with Crippen LogP contribution < -0.4 is 10.6 Å². The van der Waals surface area contributed by atoms with Crippen molar-refractivity contribution in [3.63, 3.8) is 0 Å². The number of ether oxygens (including phenoxy) is 1. The van der Waals surface area contributed by atoms with Crippen molar-refractivity contribution in [2.75, 3.05) is 25.6 Å². The molecule has 1 rings (SSSR count). The molecule has 112 valence electrons. The number of halogens is 3. The Hall–Kier alpha value is -1.21. The zero-order chi connectivity index (χ0) is 15.1. The molecule has 0 saturated heterocycles. The van der Waals surface area contributed by atoms with E-state index in [0.29, 0.717) is 19.6 Å². The van der Waals surface area contributed by atoms with Gasteiger partial charge in [-0.05, 0) is 35.3 Å². The molecule has 0 bridgehead atoms. The van der Waals surface area contributed by atoms with Crippen LogP contribution in [0.1, 0.15) is 13.3 Å². The fourth-order valence-electron chi connectivity index (χ4n) is 1.54. The predicted octanol–water partition coefficient (Wildman–Crippen LogP) is 2.68. The molecule has 4 nitrogen and oxygen atoms in total. The van der Waals surface area contributed by atoms with Gasteiger partial charge in [-0.15, -0.1) is 0 Å². The minimum absolute atomic E-state index is 0.0611. The second-order valence-corrected chi connectivity index (χ2v) is 5.10. The Balaban J connectivity index is 2.57. The summed E-state index contributed by atoms with van der Waals surface area (Å²) in [7, 11) is 1.58. The molecule has 0 aliphatic rings. The average molecular weight is 351 g/mol. The van der Waals surface area contributed by atoms with Gasteiger partial charge < -0.3 is 15.4 Å². The van der Waals surface area contributed by atoms with Crippen LogP contribution in [0.5, 0.6) is 0 Å². The summed E-state index contributed by atoms with van der Waals surface area (Å²) in [5, 5.41) is 5.41. The summed E-state index contributed by atoms with van der Waals surface area (Å²) < 4.78 is 31.7. The molecule has 0 aliphatic heterocycles. The lowest BCUT2D eigenvalue weighted by Gasteiger charge is -2.17. The van der Waals surface area contributed by atoms with Crippen LogP contribution in [-0.2, 0) is 9.53 Å². The van der Waals surface area contributed by atoms with Crippen LogP contribution >= 0.6 is 15.9 Å². The van der Waals surface area contributed by atoms with Gasteiger partial charge >= 0.3 is 0 Å². The standard InChI is InChI=1S/C13H17BrF2N2O2/c1-8(13(19)17-4-3-5-20-2)18-12-10(14)6-9(15)7-11(12)16/h6-8,18H,3-5H2,1-2H3,(H,17,19). The monoisotopic (exact) mass is 350 g/mol. The zero-order valence-corrected chi connectivity index (χ0v) is 12.9.